The van der Waals surface area contributed by atoms with Crippen molar-refractivity contribution in [2.24, 2.45) is 7.05 Å². The van der Waals surface area contributed by atoms with Crippen molar-refractivity contribution >= 4 is 28.5 Å². The molecule has 0 bridgehead atoms. The summed E-state index contributed by atoms with van der Waals surface area (Å²) >= 11 is 5.90. The largest absolute Gasteiger partial charge is 0.349 e. The zero-order valence-corrected chi connectivity index (χ0v) is 13.3. The first kappa shape index (κ1) is 14.7. The summed E-state index contributed by atoms with van der Waals surface area (Å²) in [5.41, 5.74) is 2.61. The summed E-state index contributed by atoms with van der Waals surface area (Å²) in [5, 5.41) is 3.48. The Balaban J connectivity index is 1.69. The van der Waals surface area contributed by atoms with E-state index in [9.17, 15) is 4.79 Å². The minimum Gasteiger partial charge on any atom is -0.349 e. The smallest absolute Gasteiger partial charge is 0.268 e. The van der Waals surface area contributed by atoms with Crippen LogP contribution in [0.25, 0.3) is 11.0 Å². The molecule has 0 atom stereocenters. The van der Waals surface area contributed by atoms with Crippen molar-refractivity contribution < 1.29 is 4.79 Å². The van der Waals surface area contributed by atoms with Gasteiger partial charge < -0.3 is 14.5 Å². The van der Waals surface area contributed by atoms with Crippen molar-refractivity contribution in [2.75, 3.05) is 6.54 Å². The molecule has 0 aliphatic carbocycles. The van der Waals surface area contributed by atoms with Crippen molar-refractivity contribution in [1.29, 1.82) is 0 Å². The van der Waals surface area contributed by atoms with Gasteiger partial charge in [-0.1, -0.05) is 23.7 Å². The van der Waals surface area contributed by atoms with Gasteiger partial charge in [-0.2, -0.15) is 0 Å². The highest BCUT2D eigenvalue weighted by Crippen LogP contribution is 2.15. The van der Waals surface area contributed by atoms with Crippen molar-refractivity contribution in [3.63, 3.8) is 0 Å². The van der Waals surface area contributed by atoms with E-state index >= 15 is 0 Å². The van der Waals surface area contributed by atoms with Gasteiger partial charge in [0.15, 0.2) is 0 Å². The van der Waals surface area contributed by atoms with Gasteiger partial charge >= 0.3 is 0 Å². The number of halogens is 1. The fraction of sp³-hybridized carbons (Fsp3) is 0.250. The van der Waals surface area contributed by atoms with Gasteiger partial charge in [-0.05, 0) is 25.1 Å². The van der Waals surface area contributed by atoms with Gasteiger partial charge in [-0.3, -0.25) is 4.79 Å². The van der Waals surface area contributed by atoms with Crippen LogP contribution < -0.4 is 5.32 Å². The lowest BCUT2D eigenvalue weighted by Crippen LogP contribution is -2.28. The standard InChI is InChI=1S/C16H17ClN4O/c1-11-19-13-5-3-4-6-14(13)21(11)8-7-18-16(22)15-9-12(17)10-20(15)2/h3-6,9-10H,7-8H2,1-2H3,(H,18,22). The molecule has 114 valence electrons. The van der Waals surface area contributed by atoms with Crippen molar-refractivity contribution in [1.82, 2.24) is 19.4 Å². The molecule has 0 fully saturated rings. The van der Waals surface area contributed by atoms with E-state index in [1.165, 1.54) is 0 Å². The Bertz CT molecular complexity index is 834. The molecular weight excluding hydrogens is 300 g/mol. The molecule has 0 saturated carbocycles. The van der Waals surface area contributed by atoms with Gasteiger partial charge in [0.1, 0.15) is 11.5 Å². The number of hydrogen-bond acceptors (Lipinski definition) is 2. The van der Waals surface area contributed by atoms with Gasteiger partial charge in [0.05, 0.1) is 16.1 Å². The van der Waals surface area contributed by atoms with Crippen molar-refractivity contribution in [3.8, 4) is 0 Å². The lowest BCUT2D eigenvalue weighted by Gasteiger charge is -2.09. The lowest BCUT2D eigenvalue weighted by atomic mass is 10.3. The second kappa shape index (κ2) is 5.85. The first-order valence-corrected chi connectivity index (χ1v) is 7.46. The number of imidazole rings is 1. The number of fused-ring (bicyclic) bond motifs is 1. The number of aromatic nitrogens is 3. The quantitative estimate of drug-likeness (QED) is 0.804. The van der Waals surface area contributed by atoms with E-state index in [0.29, 0.717) is 23.8 Å². The molecule has 22 heavy (non-hydrogen) atoms. The van der Waals surface area contributed by atoms with Crippen molar-refractivity contribution in [3.05, 3.63) is 53.1 Å². The van der Waals surface area contributed by atoms with Crippen LogP contribution in [0.5, 0.6) is 0 Å². The average molecular weight is 317 g/mol. The third-order valence-electron chi connectivity index (χ3n) is 3.67. The Morgan fingerprint density at radius 1 is 1.36 bits per heavy atom. The molecule has 0 unspecified atom stereocenters. The Morgan fingerprint density at radius 2 is 2.14 bits per heavy atom. The van der Waals surface area contributed by atoms with Gasteiger partial charge in [0.2, 0.25) is 0 Å². The van der Waals surface area contributed by atoms with Gasteiger partial charge in [0.25, 0.3) is 5.91 Å². The Kier molecular flexibility index (Phi) is 3.90. The maximum Gasteiger partial charge on any atom is 0.268 e. The summed E-state index contributed by atoms with van der Waals surface area (Å²) in [6, 6.07) is 9.65. The molecule has 0 radical (unpaired) electrons. The van der Waals surface area contributed by atoms with Crippen LogP contribution in [0.2, 0.25) is 5.02 Å². The number of hydrogen-bond donors (Lipinski definition) is 1. The predicted molar refractivity (Wildman–Crippen MR) is 87.2 cm³/mol. The zero-order valence-electron chi connectivity index (χ0n) is 12.5. The number of para-hydroxylation sites is 2. The van der Waals surface area contributed by atoms with E-state index < -0.39 is 0 Å². The number of rotatable bonds is 4. The van der Waals surface area contributed by atoms with Crippen LogP contribution in [-0.4, -0.2) is 26.6 Å². The molecule has 5 nitrogen and oxygen atoms in total. The summed E-state index contributed by atoms with van der Waals surface area (Å²) < 4.78 is 3.82. The molecule has 0 aliphatic rings. The topological polar surface area (TPSA) is 51.9 Å². The summed E-state index contributed by atoms with van der Waals surface area (Å²) in [4.78, 5) is 16.7. The van der Waals surface area contributed by atoms with Crippen LogP contribution in [0.4, 0.5) is 0 Å². The number of nitrogens with zero attached hydrogens (tertiary/aromatic N) is 3. The predicted octanol–water partition coefficient (Wildman–Crippen LogP) is 2.77. The molecule has 6 heteroatoms. The highest BCUT2D eigenvalue weighted by Gasteiger charge is 2.11. The number of amides is 1. The summed E-state index contributed by atoms with van der Waals surface area (Å²) in [6.45, 7) is 3.18. The summed E-state index contributed by atoms with van der Waals surface area (Å²) in [7, 11) is 1.80. The van der Waals surface area contributed by atoms with E-state index in [4.69, 9.17) is 11.6 Å². The molecule has 0 spiro atoms. The third-order valence-corrected chi connectivity index (χ3v) is 3.88. The second-order valence-electron chi connectivity index (χ2n) is 5.21. The molecule has 2 heterocycles. The molecule has 3 aromatic rings. The fourth-order valence-corrected chi connectivity index (χ4v) is 2.85. The van der Waals surface area contributed by atoms with E-state index in [-0.39, 0.29) is 5.91 Å². The molecule has 0 saturated heterocycles. The van der Waals surface area contributed by atoms with Gasteiger partial charge in [-0.25, -0.2) is 4.98 Å². The molecule has 2 aromatic heterocycles. The number of nitrogens with one attached hydrogen (secondary N) is 1. The lowest BCUT2D eigenvalue weighted by molar-refractivity contribution is 0.0944. The molecular formula is C16H17ClN4O. The van der Waals surface area contributed by atoms with E-state index in [1.807, 2.05) is 31.2 Å². The number of carbonyl (C=O) groups excluding carboxylic acids is 1. The first-order valence-electron chi connectivity index (χ1n) is 7.08. The van der Waals surface area contributed by atoms with Gasteiger partial charge in [-0.15, -0.1) is 0 Å². The number of benzene rings is 1. The van der Waals surface area contributed by atoms with Crippen molar-refractivity contribution in [2.45, 2.75) is 13.5 Å². The average Bonchev–Trinajstić information content (AvgIpc) is 2.98. The summed E-state index contributed by atoms with van der Waals surface area (Å²) in [5.74, 6) is 0.814. The first-order chi connectivity index (χ1) is 10.6. The Morgan fingerprint density at radius 3 is 2.86 bits per heavy atom. The molecule has 1 amide bonds. The molecule has 1 aromatic carbocycles. The van der Waals surface area contributed by atoms with Crippen LogP contribution in [0.15, 0.2) is 36.5 Å². The van der Waals surface area contributed by atoms with E-state index in [1.54, 1.807) is 23.9 Å². The zero-order chi connectivity index (χ0) is 15.7. The van der Waals surface area contributed by atoms with Crippen LogP contribution in [0.1, 0.15) is 16.3 Å². The van der Waals surface area contributed by atoms with Crippen LogP contribution in [0, 0.1) is 6.92 Å². The highest BCUT2D eigenvalue weighted by atomic mass is 35.5. The minimum absolute atomic E-state index is 0.128. The van der Waals surface area contributed by atoms with E-state index in [2.05, 4.69) is 14.9 Å². The fourth-order valence-electron chi connectivity index (χ4n) is 2.60. The van der Waals surface area contributed by atoms with Crippen LogP contribution in [-0.2, 0) is 13.6 Å². The van der Waals surface area contributed by atoms with Gasteiger partial charge in [0, 0.05) is 26.3 Å². The molecule has 3 rings (SSSR count). The Hall–Kier alpha value is -2.27. The number of carbonyl (C=O) groups is 1. The highest BCUT2D eigenvalue weighted by molar-refractivity contribution is 6.31. The molecule has 0 aliphatic heterocycles. The van der Waals surface area contributed by atoms with Crippen LogP contribution >= 0.6 is 11.6 Å². The maximum absolute atomic E-state index is 12.1. The monoisotopic (exact) mass is 316 g/mol. The maximum atomic E-state index is 12.1. The SMILES string of the molecule is Cc1nc2ccccc2n1CCNC(=O)c1cc(Cl)cn1C. The van der Waals surface area contributed by atoms with Crippen LogP contribution in [0.3, 0.4) is 0 Å². The number of aryl methyl sites for hydroxylation is 2. The second-order valence-corrected chi connectivity index (χ2v) is 5.65. The molecule has 1 N–H and O–H groups in total. The third kappa shape index (κ3) is 2.72. The minimum atomic E-state index is -0.128. The van der Waals surface area contributed by atoms with E-state index in [0.717, 1.165) is 16.9 Å². The summed E-state index contributed by atoms with van der Waals surface area (Å²) in [6.07, 6.45) is 1.71. The Labute approximate surface area is 133 Å². The normalized spacial score (nSPS) is 11.0.